The summed E-state index contributed by atoms with van der Waals surface area (Å²) in [4.78, 5) is 15.7. The summed E-state index contributed by atoms with van der Waals surface area (Å²) >= 11 is 1.83. The fourth-order valence-electron chi connectivity index (χ4n) is 2.88. The normalized spacial score (nSPS) is 22.2. The van der Waals surface area contributed by atoms with E-state index in [1.54, 1.807) is 0 Å². The zero-order valence-electron chi connectivity index (χ0n) is 13.2. The SMILES string of the molecule is CCC1(N(C)C(=O)OC(C)(C)C)CCc2sccc2C1. The van der Waals surface area contributed by atoms with Crippen molar-refractivity contribution in [2.45, 2.75) is 64.5 Å². The lowest BCUT2D eigenvalue weighted by atomic mass is 9.78. The predicted octanol–water partition coefficient (Wildman–Crippen LogP) is 4.25. The van der Waals surface area contributed by atoms with Crippen molar-refractivity contribution in [2.75, 3.05) is 7.05 Å². The van der Waals surface area contributed by atoms with Crippen molar-refractivity contribution in [3.63, 3.8) is 0 Å². The number of nitrogens with zero attached hydrogens (tertiary/aromatic N) is 1. The molecule has 0 aromatic carbocycles. The first kappa shape index (κ1) is 15.4. The fourth-order valence-corrected chi connectivity index (χ4v) is 3.79. The van der Waals surface area contributed by atoms with E-state index in [0.29, 0.717) is 0 Å². The fraction of sp³-hybridized carbons (Fsp3) is 0.688. The Hall–Kier alpha value is -1.03. The van der Waals surface area contributed by atoms with Gasteiger partial charge in [0, 0.05) is 11.9 Å². The van der Waals surface area contributed by atoms with E-state index in [1.807, 2.05) is 44.1 Å². The molecule has 0 aliphatic heterocycles. The van der Waals surface area contributed by atoms with Crippen LogP contribution in [0.25, 0.3) is 0 Å². The summed E-state index contributed by atoms with van der Waals surface area (Å²) in [6, 6.07) is 2.20. The number of rotatable bonds is 2. The number of hydrogen-bond donors (Lipinski definition) is 0. The minimum absolute atomic E-state index is 0.101. The van der Waals surface area contributed by atoms with Gasteiger partial charge in [0.15, 0.2) is 0 Å². The van der Waals surface area contributed by atoms with Crippen LogP contribution in [0.15, 0.2) is 11.4 Å². The Kier molecular flexibility index (Phi) is 4.14. The van der Waals surface area contributed by atoms with Crippen LogP contribution < -0.4 is 0 Å². The number of fused-ring (bicyclic) bond motifs is 1. The number of likely N-dealkylation sites (N-methyl/N-ethyl adjacent to an activating group) is 1. The molecule has 1 amide bonds. The largest absolute Gasteiger partial charge is 0.444 e. The molecule has 1 aliphatic rings. The van der Waals surface area contributed by atoms with Crippen molar-refractivity contribution in [3.05, 3.63) is 21.9 Å². The summed E-state index contributed by atoms with van der Waals surface area (Å²) in [6.45, 7) is 7.90. The Labute approximate surface area is 125 Å². The number of carbonyl (C=O) groups is 1. The molecule has 0 fully saturated rings. The molecule has 4 heteroatoms. The van der Waals surface area contributed by atoms with E-state index < -0.39 is 5.60 Å². The maximum atomic E-state index is 12.4. The van der Waals surface area contributed by atoms with Crippen molar-refractivity contribution in [2.24, 2.45) is 0 Å². The summed E-state index contributed by atoms with van der Waals surface area (Å²) < 4.78 is 5.54. The summed E-state index contributed by atoms with van der Waals surface area (Å²) in [7, 11) is 1.88. The average molecular weight is 295 g/mol. The summed E-state index contributed by atoms with van der Waals surface area (Å²) in [5.41, 5.74) is 0.859. The number of amides is 1. The molecule has 1 aromatic heterocycles. The Morgan fingerprint density at radius 3 is 2.80 bits per heavy atom. The first-order valence-electron chi connectivity index (χ1n) is 7.29. The van der Waals surface area contributed by atoms with Crippen LogP contribution in [0, 0.1) is 0 Å². The van der Waals surface area contributed by atoms with Gasteiger partial charge in [0.05, 0.1) is 5.54 Å². The van der Waals surface area contributed by atoms with Crippen LogP contribution in [0.3, 0.4) is 0 Å². The summed E-state index contributed by atoms with van der Waals surface area (Å²) in [6.07, 6.45) is 3.77. The van der Waals surface area contributed by atoms with Gasteiger partial charge in [0.1, 0.15) is 5.60 Å². The van der Waals surface area contributed by atoms with Crippen LogP contribution in [0.2, 0.25) is 0 Å². The van der Waals surface area contributed by atoms with Gasteiger partial charge in [-0.3, -0.25) is 0 Å². The summed E-state index contributed by atoms with van der Waals surface area (Å²) in [5.74, 6) is 0. The van der Waals surface area contributed by atoms with E-state index in [9.17, 15) is 4.79 Å². The first-order valence-corrected chi connectivity index (χ1v) is 8.17. The van der Waals surface area contributed by atoms with Crippen LogP contribution >= 0.6 is 11.3 Å². The van der Waals surface area contributed by atoms with Gasteiger partial charge >= 0.3 is 6.09 Å². The third-order valence-corrected chi connectivity index (χ3v) is 5.23. The van der Waals surface area contributed by atoms with Gasteiger partial charge in [0.2, 0.25) is 0 Å². The molecule has 3 nitrogen and oxygen atoms in total. The number of hydrogen-bond acceptors (Lipinski definition) is 3. The lowest BCUT2D eigenvalue weighted by Crippen LogP contribution is -2.53. The van der Waals surface area contributed by atoms with Crippen LogP contribution in [0.1, 0.15) is 51.0 Å². The molecular weight excluding hydrogens is 270 g/mol. The Balaban J connectivity index is 2.18. The van der Waals surface area contributed by atoms with Gasteiger partial charge in [-0.2, -0.15) is 0 Å². The smallest absolute Gasteiger partial charge is 0.410 e. The quantitative estimate of drug-likeness (QED) is 0.816. The lowest BCUT2D eigenvalue weighted by Gasteiger charge is -2.44. The molecule has 1 heterocycles. The molecule has 20 heavy (non-hydrogen) atoms. The first-order chi connectivity index (χ1) is 9.27. The second-order valence-corrected chi connectivity index (χ2v) is 7.66. The molecule has 2 rings (SSSR count). The zero-order valence-corrected chi connectivity index (χ0v) is 14.0. The Morgan fingerprint density at radius 2 is 2.20 bits per heavy atom. The molecule has 0 saturated carbocycles. The predicted molar refractivity (Wildman–Crippen MR) is 83.4 cm³/mol. The van der Waals surface area contributed by atoms with Crippen LogP contribution in [0.4, 0.5) is 4.79 Å². The molecule has 1 unspecified atom stereocenters. The Bertz CT molecular complexity index is 489. The topological polar surface area (TPSA) is 29.5 Å². The van der Waals surface area contributed by atoms with Gasteiger partial charge in [-0.1, -0.05) is 6.92 Å². The molecular formula is C16H25NO2S. The van der Waals surface area contributed by atoms with E-state index >= 15 is 0 Å². The van der Waals surface area contributed by atoms with Gasteiger partial charge in [-0.05, 0) is 63.5 Å². The molecule has 0 bridgehead atoms. The molecule has 0 spiro atoms. The standard InChI is InChI=1S/C16H25NO2S/c1-6-16(17(5)14(18)19-15(2,3)4)9-7-13-12(11-16)8-10-20-13/h8,10H,6-7,9,11H2,1-5H3. The maximum absolute atomic E-state index is 12.4. The highest BCUT2D eigenvalue weighted by Gasteiger charge is 2.40. The molecule has 1 atom stereocenters. The summed E-state index contributed by atoms with van der Waals surface area (Å²) in [5, 5.41) is 2.16. The van der Waals surface area contributed by atoms with E-state index in [-0.39, 0.29) is 11.6 Å². The average Bonchev–Trinajstić information content (AvgIpc) is 2.82. The molecule has 0 saturated heterocycles. The second-order valence-electron chi connectivity index (χ2n) is 6.66. The van der Waals surface area contributed by atoms with Gasteiger partial charge in [0.25, 0.3) is 0 Å². The second kappa shape index (κ2) is 5.40. The van der Waals surface area contributed by atoms with Crippen molar-refractivity contribution in [1.82, 2.24) is 4.90 Å². The van der Waals surface area contributed by atoms with Crippen molar-refractivity contribution < 1.29 is 9.53 Å². The van der Waals surface area contributed by atoms with Gasteiger partial charge in [-0.15, -0.1) is 11.3 Å². The molecule has 1 aliphatic carbocycles. The molecule has 0 N–H and O–H groups in total. The minimum atomic E-state index is -0.442. The Morgan fingerprint density at radius 1 is 1.50 bits per heavy atom. The maximum Gasteiger partial charge on any atom is 0.410 e. The molecule has 1 aromatic rings. The van der Waals surface area contributed by atoms with Crippen LogP contribution in [0.5, 0.6) is 0 Å². The monoisotopic (exact) mass is 295 g/mol. The number of carbonyl (C=O) groups excluding carboxylic acids is 1. The van der Waals surface area contributed by atoms with E-state index in [1.165, 1.54) is 10.4 Å². The van der Waals surface area contributed by atoms with E-state index in [0.717, 1.165) is 25.7 Å². The van der Waals surface area contributed by atoms with Crippen molar-refractivity contribution in [3.8, 4) is 0 Å². The molecule has 112 valence electrons. The van der Waals surface area contributed by atoms with Crippen LogP contribution in [-0.4, -0.2) is 29.2 Å². The van der Waals surface area contributed by atoms with Crippen LogP contribution in [-0.2, 0) is 17.6 Å². The highest BCUT2D eigenvalue weighted by Crippen LogP contribution is 2.38. The number of thiophene rings is 1. The van der Waals surface area contributed by atoms with Crippen molar-refractivity contribution in [1.29, 1.82) is 0 Å². The van der Waals surface area contributed by atoms with E-state index in [4.69, 9.17) is 4.74 Å². The zero-order chi connectivity index (χ0) is 15.0. The highest BCUT2D eigenvalue weighted by atomic mass is 32.1. The van der Waals surface area contributed by atoms with Crippen molar-refractivity contribution >= 4 is 17.4 Å². The minimum Gasteiger partial charge on any atom is -0.444 e. The number of aryl methyl sites for hydroxylation is 1. The third kappa shape index (κ3) is 3.00. The van der Waals surface area contributed by atoms with Gasteiger partial charge in [-0.25, -0.2) is 4.79 Å². The highest BCUT2D eigenvalue weighted by molar-refractivity contribution is 7.10. The molecule has 0 radical (unpaired) electrons. The van der Waals surface area contributed by atoms with E-state index in [2.05, 4.69) is 18.4 Å². The van der Waals surface area contributed by atoms with Gasteiger partial charge < -0.3 is 9.64 Å². The third-order valence-electron chi connectivity index (χ3n) is 4.21. The number of ether oxygens (including phenoxy) is 1. The lowest BCUT2D eigenvalue weighted by molar-refractivity contribution is 0.000710.